The molecule has 1 aliphatic carbocycles. The first-order chi connectivity index (χ1) is 7.41. The molecule has 0 N–H and O–H groups in total. The smallest absolute Gasteiger partial charge is 0.185 e. The van der Waals surface area contributed by atoms with Crippen molar-refractivity contribution >= 4 is 8.32 Å². The minimum atomic E-state index is -1.60. The molecule has 0 aromatic rings. The zero-order valence-electron chi connectivity index (χ0n) is 11.2. The lowest BCUT2D eigenvalue weighted by atomic mass is 9.78. The Morgan fingerprint density at radius 1 is 1.31 bits per heavy atom. The van der Waals surface area contributed by atoms with Crippen molar-refractivity contribution in [1.29, 1.82) is 5.26 Å². The summed E-state index contributed by atoms with van der Waals surface area (Å²) in [5, 5.41) is 9.37. The third kappa shape index (κ3) is 3.91. The molecule has 1 saturated carbocycles. The van der Waals surface area contributed by atoms with Gasteiger partial charge in [-0.05, 0) is 51.2 Å². The van der Waals surface area contributed by atoms with Gasteiger partial charge in [-0.3, -0.25) is 0 Å². The summed E-state index contributed by atoms with van der Waals surface area (Å²) in [6.07, 6.45) is 6.81. The predicted octanol–water partition coefficient (Wildman–Crippen LogP) is 4.09. The normalized spacial score (nSPS) is 31.1. The molecular weight excluding hydrogens is 214 g/mol. The maximum absolute atomic E-state index is 9.37. The molecule has 0 atom stereocenters. The van der Waals surface area contributed by atoms with Crippen LogP contribution in [0.25, 0.3) is 0 Å². The van der Waals surface area contributed by atoms with E-state index in [1.165, 1.54) is 25.7 Å². The number of nitrogens with zero attached hydrogens (tertiary/aromatic N) is 1. The summed E-state index contributed by atoms with van der Waals surface area (Å²) >= 11 is 0. The molecule has 0 bridgehead atoms. The Morgan fingerprint density at radius 2 is 1.88 bits per heavy atom. The van der Waals surface area contributed by atoms with Crippen LogP contribution in [0, 0.1) is 17.2 Å². The molecule has 0 aliphatic heterocycles. The molecule has 16 heavy (non-hydrogen) atoms. The Hall–Kier alpha value is -0.333. The highest BCUT2D eigenvalue weighted by Gasteiger charge is 2.39. The van der Waals surface area contributed by atoms with E-state index in [0.29, 0.717) is 0 Å². The minimum Gasteiger partial charge on any atom is -0.400 e. The zero-order chi connectivity index (χ0) is 12.2. The van der Waals surface area contributed by atoms with Gasteiger partial charge in [-0.2, -0.15) is 5.26 Å². The van der Waals surface area contributed by atoms with Crippen molar-refractivity contribution in [3.63, 3.8) is 0 Å². The van der Waals surface area contributed by atoms with Crippen molar-refractivity contribution in [2.24, 2.45) is 5.92 Å². The van der Waals surface area contributed by atoms with Gasteiger partial charge in [0.1, 0.15) is 5.60 Å². The van der Waals surface area contributed by atoms with Gasteiger partial charge in [-0.1, -0.05) is 19.8 Å². The van der Waals surface area contributed by atoms with Crippen LogP contribution in [0.15, 0.2) is 0 Å². The highest BCUT2D eigenvalue weighted by Crippen LogP contribution is 2.38. The van der Waals surface area contributed by atoms with Gasteiger partial charge in [-0.15, -0.1) is 0 Å². The van der Waals surface area contributed by atoms with Gasteiger partial charge in [0, 0.05) is 0 Å². The number of hydrogen-bond acceptors (Lipinski definition) is 2. The van der Waals surface area contributed by atoms with E-state index < -0.39 is 13.9 Å². The molecule has 0 saturated heterocycles. The summed E-state index contributed by atoms with van der Waals surface area (Å²) < 4.78 is 6.12. The molecule has 0 aromatic carbocycles. The topological polar surface area (TPSA) is 33.0 Å². The van der Waals surface area contributed by atoms with E-state index in [1.807, 2.05) is 0 Å². The van der Waals surface area contributed by atoms with E-state index in [4.69, 9.17) is 4.43 Å². The van der Waals surface area contributed by atoms with Crippen LogP contribution in [0.1, 0.15) is 45.4 Å². The molecule has 0 unspecified atom stereocenters. The van der Waals surface area contributed by atoms with Crippen LogP contribution in [-0.2, 0) is 4.43 Å². The lowest BCUT2D eigenvalue weighted by Crippen LogP contribution is -2.44. The van der Waals surface area contributed by atoms with E-state index in [2.05, 4.69) is 32.6 Å². The molecule has 1 rings (SSSR count). The molecule has 92 valence electrons. The Kier molecular flexibility index (Phi) is 4.58. The van der Waals surface area contributed by atoms with Gasteiger partial charge < -0.3 is 4.43 Å². The second-order valence-corrected chi connectivity index (χ2v) is 10.5. The number of nitriles is 1. The Bertz CT molecular complexity index is 256. The molecule has 0 heterocycles. The van der Waals surface area contributed by atoms with Gasteiger partial charge >= 0.3 is 0 Å². The maximum Gasteiger partial charge on any atom is 0.185 e. The van der Waals surface area contributed by atoms with Gasteiger partial charge in [0.15, 0.2) is 8.32 Å². The van der Waals surface area contributed by atoms with Crippen LogP contribution in [0.4, 0.5) is 0 Å². The first-order valence-electron chi connectivity index (χ1n) is 6.52. The standard InChI is InChI=1S/C13H25NOSi/c1-5-6-12-7-9-13(11-14,10-8-12)15-16(2,3)4/h12H,5-10H2,1-4H3. The molecule has 1 fully saturated rings. The third-order valence-electron chi connectivity index (χ3n) is 3.32. The van der Waals surface area contributed by atoms with E-state index in [1.54, 1.807) is 0 Å². The van der Waals surface area contributed by atoms with Crippen molar-refractivity contribution in [3.05, 3.63) is 0 Å². The highest BCUT2D eigenvalue weighted by molar-refractivity contribution is 6.69. The van der Waals surface area contributed by atoms with Crippen molar-refractivity contribution in [2.75, 3.05) is 0 Å². The van der Waals surface area contributed by atoms with Crippen molar-refractivity contribution in [1.82, 2.24) is 0 Å². The van der Waals surface area contributed by atoms with Crippen LogP contribution >= 0.6 is 0 Å². The summed E-state index contributed by atoms with van der Waals surface area (Å²) in [6, 6.07) is 2.45. The number of rotatable bonds is 4. The average Bonchev–Trinajstić information content (AvgIpc) is 2.19. The molecule has 0 spiro atoms. The van der Waals surface area contributed by atoms with Gasteiger partial charge in [-0.25, -0.2) is 0 Å². The predicted molar refractivity (Wildman–Crippen MR) is 69.6 cm³/mol. The van der Waals surface area contributed by atoms with Gasteiger partial charge in [0.05, 0.1) is 6.07 Å². The first-order valence-corrected chi connectivity index (χ1v) is 9.93. The van der Waals surface area contributed by atoms with Crippen molar-refractivity contribution < 1.29 is 4.43 Å². The summed E-state index contributed by atoms with van der Waals surface area (Å²) in [5.74, 6) is 0.830. The highest BCUT2D eigenvalue weighted by atomic mass is 28.4. The summed E-state index contributed by atoms with van der Waals surface area (Å²) in [4.78, 5) is 0. The fourth-order valence-corrected chi connectivity index (χ4v) is 4.09. The lowest BCUT2D eigenvalue weighted by Gasteiger charge is -2.39. The zero-order valence-corrected chi connectivity index (χ0v) is 12.2. The van der Waals surface area contributed by atoms with E-state index >= 15 is 0 Å². The number of hydrogen-bond donors (Lipinski definition) is 0. The van der Waals surface area contributed by atoms with Crippen LogP contribution in [0.2, 0.25) is 19.6 Å². The first kappa shape index (κ1) is 13.7. The SMILES string of the molecule is CCCC1CCC(C#N)(O[Si](C)(C)C)CC1. The van der Waals surface area contributed by atoms with Gasteiger partial charge in [0.25, 0.3) is 0 Å². The summed E-state index contributed by atoms with van der Waals surface area (Å²) in [6.45, 7) is 8.75. The summed E-state index contributed by atoms with van der Waals surface area (Å²) in [5.41, 5.74) is -0.450. The van der Waals surface area contributed by atoms with Crippen LogP contribution in [0.5, 0.6) is 0 Å². The molecule has 2 nitrogen and oxygen atoms in total. The van der Waals surface area contributed by atoms with Crippen LogP contribution < -0.4 is 0 Å². The Balaban J connectivity index is 2.56. The molecule has 1 aliphatic rings. The van der Waals surface area contributed by atoms with E-state index in [0.717, 1.165) is 18.8 Å². The fourth-order valence-electron chi connectivity index (χ4n) is 2.66. The minimum absolute atomic E-state index is 0.450. The monoisotopic (exact) mass is 239 g/mol. The van der Waals surface area contributed by atoms with Crippen molar-refractivity contribution in [3.8, 4) is 6.07 Å². The van der Waals surface area contributed by atoms with Crippen molar-refractivity contribution in [2.45, 2.75) is 70.7 Å². The molecule has 0 radical (unpaired) electrons. The maximum atomic E-state index is 9.37. The third-order valence-corrected chi connectivity index (χ3v) is 4.32. The average molecular weight is 239 g/mol. The van der Waals surface area contributed by atoms with E-state index in [-0.39, 0.29) is 0 Å². The molecular formula is C13H25NOSi. The van der Waals surface area contributed by atoms with Gasteiger partial charge in [0.2, 0.25) is 0 Å². The van der Waals surface area contributed by atoms with Crippen LogP contribution in [-0.4, -0.2) is 13.9 Å². The Labute approximate surface area is 101 Å². The summed E-state index contributed by atoms with van der Waals surface area (Å²) in [7, 11) is -1.60. The fraction of sp³-hybridized carbons (Fsp3) is 0.923. The molecule has 0 aromatic heterocycles. The lowest BCUT2D eigenvalue weighted by molar-refractivity contribution is 0.0578. The molecule has 0 amide bonds. The van der Waals surface area contributed by atoms with E-state index in [9.17, 15) is 5.26 Å². The quantitative estimate of drug-likeness (QED) is 0.692. The Morgan fingerprint density at radius 3 is 2.25 bits per heavy atom. The largest absolute Gasteiger partial charge is 0.400 e. The molecule has 3 heteroatoms. The van der Waals surface area contributed by atoms with Crippen LogP contribution in [0.3, 0.4) is 0 Å². The second-order valence-electron chi connectivity index (χ2n) is 6.05. The second kappa shape index (κ2) is 5.33.